The van der Waals surface area contributed by atoms with E-state index in [4.69, 9.17) is 16.3 Å². The highest BCUT2D eigenvalue weighted by Crippen LogP contribution is 2.29. The highest BCUT2D eigenvalue weighted by Gasteiger charge is 2.17. The van der Waals surface area contributed by atoms with Crippen LogP contribution in [-0.2, 0) is 6.54 Å². The Morgan fingerprint density at radius 3 is 3.06 bits per heavy atom. The zero-order valence-electron chi connectivity index (χ0n) is 11.1. The Morgan fingerprint density at radius 2 is 2.33 bits per heavy atom. The van der Waals surface area contributed by atoms with Crippen LogP contribution in [0, 0.1) is 0 Å². The van der Waals surface area contributed by atoms with E-state index in [0.717, 1.165) is 31.9 Å². The van der Waals surface area contributed by atoms with E-state index in [0.29, 0.717) is 17.7 Å². The van der Waals surface area contributed by atoms with Crippen LogP contribution < -0.4 is 10.1 Å². The Balaban J connectivity index is 2.10. The predicted octanol–water partition coefficient (Wildman–Crippen LogP) is 2.53. The van der Waals surface area contributed by atoms with Crippen LogP contribution in [-0.4, -0.2) is 37.2 Å². The Hall–Kier alpha value is -0.770. The first-order chi connectivity index (χ1) is 8.70. The second-order valence-electron chi connectivity index (χ2n) is 4.75. The van der Waals surface area contributed by atoms with E-state index >= 15 is 0 Å². The average Bonchev–Trinajstić information content (AvgIpc) is 2.34. The first-order valence-corrected chi connectivity index (χ1v) is 6.94. The molecule has 0 unspecified atom stereocenters. The molecule has 1 aliphatic heterocycles. The number of ether oxygens (including phenoxy) is 1. The van der Waals surface area contributed by atoms with Gasteiger partial charge in [-0.15, -0.1) is 0 Å². The monoisotopic (exact) mass is 268 g/mol. The summed E-state index contributed by atoms with van der Waals surface area (Å²) in [6, 6.07) is 6.53. The molecule has 3 nitrogen and oxygen atoms in total. The van der Waals surface area contributed by atoms with E-state index < -0.39 is 0 Å². The molecular weight excluding hydrogens is 248 g/mol. The third kappa shape index (κ3) is 3.37. The van der Waals surface area contributed by atoms with E-state index in [1.54, 1.807) is 0 Å². The molecule has 1 atom stereocenters. The highest BCUT2D eigenvalue weighted by atomic mass is 35.5. The molecule has 18 heavy (non-hydrogen) atoms. The van der Waals surface area contributed by atoms with E-state index in [1.165, 1.54) is 5.56 Å². The van der Waals surface area contributed by atoms with Crippen molar-refractivity contribution in [2.75, 3.05) is 26.2 Å². The molecular formula is C14H21ClN2O. The molecule has 2 rings (SSSR count). The molecule has 0 amide bonds. The number of rotatable bonds is 4. The molecule has 0 spiro atoms. The van der Waals surface area contributed by atoms with Gasteiger partial charge in [0.1, 0.15) is 5.75 Å². The Kier molecular flexibility index (Phi) is 4.87. The highest BCUT2D eigenvalue weighted by molar-refractivity contribution is 6.32. The second-order valence-corrected chi connectivity index (χ2v) is 5.16. The number of nitrogens with zero attached hydrogens (tertiary/aromatic N) is 1. The van der Waals surface area contributed by atoms with Gasteiger partial charge >= 0.3 is 0 Å². The topological polar surface area (TPSA) is 24.5 Å². The maximum Gasteiger partial charge on any atom is 0.142 e. The molecule has 0 bridgehead atoms. The van der Waals surface area contributed by atoms with Crippen molar-refractivity contribution in [3.05, 3.63) is 28.8 Å². The lowest BCUT2D eigenvalue weighted by Crippen LogP contribution is -2.48. The van der Waals surface area contributed by atoms with Crippen molar-refractivity contribution in [1.82, 2.24) is 10.2 Å². The molecule has 1 fully saturated rings. The van der Waals surface area contributed by atoms with Crippen LogP contribution in [0.4, 0.5) is 0 Å². The van der Waals surface area contributed by atoms with Crippen molar-refractivity contribution in [1.29, 1.82) is 0 Å². The van der Waals surface area contributed by atoms with Crippen molar-refractivity contribution in [3.8, 4) is 5.75 Å². The molecule has 1 aliphatic rings. The van der Waals surface area contributed by atoms with Gasteiger partial charge in [-0.2, -0.15) is 0 Å². The van der Waals surface area contributed by atoms with Gasteiger partial charge in [0.2, 0.25) is 0 Å². The molecule has 100 valence electrons. The largest absolute Gasteiger partial charge is 0.492 e. The van der Waals surface area contributed by atoms with Crippen LogP contribution in [0.3, 0.4) is 0 Å². The van der Waals surface area contributed by atoms with Gasteiger partial charge in [-0.3, -0.25) is 4.90 Å². The lowest BCUT2D eigenvalue weighted by Gasteiger charge is -2.32. The average molecular weight is 269 g/mol. The summed E-state index contributed by atoms with van der Waals surface area (Å²) in [7, 11) is 0. The molecule has 1 saturated heterocycles. The molecule has 0 aliphatic carbocycles. The fourth-order valence-electron chi connectivity index (χ4n) is 2.38. The minimum absolute atomic E-state index is 0.550. The van der Waals surface area contributed by atoms with E-state index in [2.05, 4.69) is 23.2 Å². The van der Waals surface area contributed by atoms with Gasteiger partial charge in [-0.1, -0.05) is 23.7 Å². The SMILES string of the molecule is CCOc1c(Cl)cccc1CN1CCN[C@@H](C)C1. The van der Waals surface area contributed by atoms with Gasteiger partial charge in [-0.25, -0.2) is 0 Å². The lowest BCUT2D eigenvalue weighted by molar-refractivity contribution is 0.196. The van der Waals surface area contributed by atoms with Gasteiger partial charge < -0.3 is 10.1 Å². The summed E-state index contributed by atoms with van der Waals surface area (Å²) in [4.78, 5) is 2.44. The number of hydrogen-bond donors (Lipinski definition) is 1. The molecule has 0 saturated carbocycles. The summed E-state index contributed by atoms with van der Waals surface area (Å²) >= 11 is 6.20. The van der Waals surface area contributed by atoms with Crippen molar-refractivity contribution in [2.45, 2.75) is 26.4 Å². The number of halogens is 1. The minimum atomic E-state index is 0.550. The fourth-order valence-corrected chi connectivity index (χ4v) is 2.63. The number of nitrogens with one attached hydrogen (secondary N) is 1. The second kappa shape index (κ2) is 6.41. The fraction of sp³-hybridized carbons (Fsp3) is 0.571. The number of piperazine rings is 1. The van der Waals surface area contributed by atoms with Crippen LogP contribution in [0.2, 0.25) is 5.02 Å². The van der Waals surface area contributed by atoms with Crippen LogP contribution in [0.15, 0.2) is 18.2 Å². The van der Waals surface area contributed by atoms with Crippen molar-refractivity contribution >= 4 is 11.6 Å². The molecule has 1 aromatic rings. The van der Waals surface area contributed by atoms with Crippen molar-refractivity contribution in [2.24, 2.45) is 0 Å². The predicted molar refractivity (Wildman–Crippen MR) is 75.4 cm³/mol. The lowest BCUT2D eigenvalue weighted by atomic mass is 10.1. The third-order valence-electron chi connectivity index (χ3n) is 3.18. The van der Waals surface area contributed by atoms with Crippen LogP contribution in [0.5, 0.6) is 5.75 Å². The quantitative estimate of drug-likeness (QED) is 0.908. The van der Waals surface area contributed by atoms with Crippen molar-refractivity contribution in [3.63, 3.8) is 0 Å². The van der Waals surface area contributed by atoms with Crippen LogP contribution in [0.25, 0.3) is 0 Å². The van der Waals surface area contributed by atoms with Gasteiger partial charge in [0.25, 0.3) is 0 Å². The van der Waals surface area contributed by atoms with Gasteiger partial charge in [0, 0.05) is 37.8 Å². The smallest absolute Gasteiger partial charge is 0.142 e. The molecule has 1 heterocycles. The van der Waals surface area contributed by atoms with Gasteiger partial charge in [-0.05, 0) is 19.9 Å². The standard InChI is InChI=1S/C14H21ClN2O/c1-3-18-14-12(5-4-6-13(14)15)10-17-8-7-16-11(2)9-17/h4-6,11,16H,3,7-10H2,1-2H3/t11-/m0/s1. The first kappa shape index (κ1) is 13.7. The summed E-state index contributed by atoms with van der Waals surface area (Å²) < 4.78 is 5.66. The maximum absolute atomic E-state index is 6.20. The number of hydrogen-bond acceptors (Lipinski definition) is 3. The van der Waals surface area contributed by atoms with E-state index in [1.807, 2.05) is 19.1 Å². The normalized spacial score (nSPS) is 20.9. The maximum atomic E-state index is 6.20. The number of benzene rings is 1. The Morgan fingerprint density at radius 1 is 1.50 bits per heavy atom. The van der Waals surface area contributed by atoms with Gasteiger partial charge in [0.15, 0.2) is 0 Å². The molecule has 0 aromatic heterocycles. The third-order valence-corrected chi connectivity index (χ3v) is 3.48. The van der Waals surface area contributed by atoms with E-state index in [-0.39, 0.29) is 0 Å². The summed E-state index contributed by atoms with van der Waals surface area (Å²) in [6.07, 6.45) is 0. The Labute approximate surface area is 114 Å². The summed E-state index contributed by atoms with van der Waals surface area (Å²) in [5, 5.41) is 4.16. The van der Waals surface area contributed by atoms with Gasteiger partial charge in [0.05, 0.1) is 11.6 Å². The summed E-state index contributed by atoms with van der Waals surface area (Å²) in [6.45, 7) is 8.94. The molecule has 1 N–H and O–H groups in total. The molecule has 0 radical (unpaired) electrons. The molecule has 1 aromatic carbocycles. The van der Waals surface area contributed by atoms with Crippen molar-refractivity contribution < 1.29 is 4.74 Å². The Bertz CT molecular complexity index is 397. The zero-order chi connectivity index (χ0) is 13.0. The first-order valence-electron chi connectivity index (χ1n) is 6.56. The summed E-state index contributed by atoms with van der Waals surface area (Å²) in [5.74, 6) is 0.841. The van der Waals surface area contributed by atoms with Crippen LogP contribution in [0.1, 0.15) is 19.4 Å². The zero-order valence-corrected chi connectivity index (χ0v) is 11.8. The summed E-state index contributed by atoms with van der Waals surface area (Å²) in [5.41, 5.74) is 1.18. The molecule has 4 heteroatoms. The van der Waals surface area contributed by atoms with Crippen LogP contribution >= 0.6 is 11.6 Å². The number of para-hydroxylation sites is 1. The minimum Gasteiger partial charge on any atom is -0.492 e. The van der Waals surface area contributed by atoms with E-state index in [9.17, 15) is 0 Å².